The predicted octanol–water partition coefficient (Wildman–Crippen LogP) is 1.87. The van der Waals surface area contributed by atoms with Crippen molar-refractivity contribution in [2.45, 2.75) is 35.3 Å². The molecule has 94 valence electrons. The van der Waals surface area contributed by atoms with Crippen LogP contribution in [0.1, 0.15) is 25.7 Å². The van der Waals surface area contributed by atoms with Gasteiger partial charge in [0.05, 0.1) is 4.75 Å². The van der Waals surface area contributed by atoms with Crippen molar-refractivity contribution in [3.63, 3.8) is 0 Å². The molecule has 0 atom stereocenters. The summed E-state index contributed by atoms with van der Waals surface area (Å²) in [5, 5.41) is 0. The van der Waals surface area contributed by atoms with Gasteiger partial charge in [-0.1, -0.05) is 25.0 Å². The first-order valence-corrected chi connectivity index (χ1v) is 7.21. The second kappa shape index (κ2) is 4.38. The zero-order chi connectivity index (χ0) is 12.5. The number of hydrogen-bond donors (Lipinski definition) is 1. The fourth-order valence-electron chi connectivity index (χ4n) is 2.50. The summed E-state index contributed by atoms with van der Waals surface area (Å²) in [5.41, 5.74) is 5.64. The van der Waals surface area contributed by atoms with Gasteiger partial charge in [0.25, 0.3) is 0 Å². The Bertz CT molecular complexity index is 507. The molecule has 0 unspecified atom stereocenters. The van der Waals surface area contributed by atoms with Crippen LogP contribution < -0.4 is 5.73 Å². The van der Waals surface area contributed by atoms with E-state index in [4.69, 9.17) is 5.73 Å². The Morgan fingerprint density at radius 3 is 2.35 bits per heavy atom. The van der Waals surface area contributed by atoms with Gasteiger partial charge in [0.1, 0.15) is 10.7 Å². The zero-order valence-corrected chi connectivity index (χ0v) is 10.3. The van der Waals surface area contributed by atoms with Crippen molar-refractivity contribution in [1.29, 1.82) is 0 Å². The molecule has 3 nitrogen and oxygen atoms in total. The molecular formula is C12H16FNO2S. The number of rotatable bonds is 3. The molecule has 0 aromatic heterocycles. The van der Waals surface area contributed by atoms with Gasteiger partial charge >= 0.3 is 0 Å². The van der Waals surface area contributed by atoms with Crippen molar-refractivity contribution >= 4 is 9.84 Å². The highest BCUT2D eigenvalue weighted by Gasteiger charge is 2.46. The van der Waals surface area contributed by atoms with E-state index in [2.05, 4.69) is 0 Å². The maximum Gasteiger partial charge on any atom is 0.188 e. The van der Waals surface area contributed by atoms with Crippen molar-refractivity contribution in [2.24, 2.45) is 5.73 Å². The highest BCUT2D eigenvalue weighted by atomic mass is 32.2. The Labute approximate surface area is 101 Å². The maximum atomic E-state index is 13.6. The van der Waals surface area contributed by atoms with Crippen molar-refractivity contribution in [1.82, 2.24) is 0 Å². The standard InChI is InChI=1S/C12H16FNO2S/c13-10-5-1-2-6-11(10)17(15,16)12(9-14)7-3-4-8-12/h1-2,5-6H,3-4,7-9,14H2. The first kappa shape index (κ1) is 12.5. The van der Waals surface area contributed by atoms with Gasteiger partial charge in [0.15, 0.2) is 9.84 Å². The van der Waals surface area contributed by atoms with Crippen LogP contribution in [0.2, 0.25) is 0 Å². The van der Waals surface area contributed by atoms with Gasteiger partial charge in [-0.25, -0.2) is 12.8 Å². The molecule has 0 bridgehead atoms. The fraction of sp³-hybridized carbons (Fsp3) is 0.500. The average molecular weight is 257 g/mol. The van der Waals surface area contributed by atoms with E-state index in [1.807, 2.05) is 0 Å². The van der Waals surface area contributed by atoms with Crippen molar-refractivity contribution < 1.29 is 12.8 Å². The average Bonchev–Trinajstić information content (AvgIpc) is 2.79. The van der Waals surface area contributed by atoms with Gasteiger partial charge in [0.2, 0.25) is 0 Å². The molecule has 1 aromatic rings. The predicted molar refractivity (Wildman–Crippen MR) is 63.8 cm³/mol. The lowest BCUT2D eigenvalue weighted by Crippen LogP contribution is -2.43. The van der Waals surface area contributed by atoms with E-state index in [-0.39, 0.29) is 11.4 Å². The lowest BCUT2D eigenvalue weighted by molar-refractivity contribution is 0.505. The summed E-state index contributed by atoms with van der Waals surface area (Å²) in [5.74, 6) is -0.688. The Kier molecular flexibility index (Phi) is 3.23. The summed E-state index contributed by atoms with van der Waals surface area (Å²) in [4.78, 5) is -0.215. The Morgan fingerprint density at radius 2 is 1.82 bits per heavy atom. The summed E-state index contributed by atoms with van der Waals surface area (Å²) in [6, 6.07) is 5.51. The highest BCUT2D eigenvalue weighted by molar-refractivity contribution is 7.93. The lowest BCUT2D eigenvalue weighted by Gasteiger charge is -2.27. The summed E-state index contributed by atoms with van der Waals surface area (Å²) < 4.78 is 37.6. The van der Waals surface area contributed by atoms with E-state index in [0.717, 1.165) is 12.8 Å². The Hall–Kier alpha value is -0.940. The minimum absolute atomic E-state index is 0.0592. The SMILES string of the molecule is NCC1(S(=O)(=O)c2ccccc2F)CCCC1. The molecule has 2 rings (SSSR count). The third-order valence-electron chi connectivity index (χ3n) is 3.58. The van der Waals surface area contributed by atoms with Crippen LogP contribution in [0.4, 0.5) is 4.39 Å². The molecular weight excluding hydrogens is 241 g/mol. The number of sulfone groups is 1. The van der Waals surface area contributed by atoms with Crippen LogP contribution in [0.25, 0.3) is 0 Å². The van der Waals surface area contributed by atoms with Crippen LogP contribution in [0.3, 0.4) is 0 Å². The molecule has 5 heteroatoms. The molecule has 0 heterocycles. The Balaban J connectivity index is 2.53. The number of benzene rings is 1. The zero-order valence-electron chi connectivity index (χ0n) is 9.52. The fourth-order valence-corrected chi connectivity index (χ4v) is 4.59. The summed E-state index contributed by atoms with van der Waals surface area (Å²) >= 11 is 0. The molecule has 0 radical (unpaired) electrons. The molecule has 0 saturated heterocycles. The summed E-state index contributed by atoms with van der Waals surface area (Å²) in [6.07, 6.45) is 2.73. The van der Waals surface area contributed by atoms with Gasteiger partial charge < -0.3 is 5.73 Å². The molecule has 0 amide bonds. The first-order valence-electron chi connectivity index (χ1n) is 5.73. The third kappa shape index (κ3) is 1.87. The second-order valence-electron chi connectivity index (χ2n) is 4.53. The number of hydrogen-bond acceptors (Lipinski definition) is 3. The lowest BCUT2D eigenvalue weighted by atomic mass is 10.1. The third-order valence-corrected chi connectivity index (χ3v) is 6.21. The molecule has 1 aromatic carbocycles. The number of nitrogens with two attached hydrogens (primary N) is 1. The highest BCUT2D eigenvalue weighted by Crippen LogP contribution is 2.40. The van der Waals surface area contributed by atoms with Crippen LogP contribution in [-0.2, 0) is 9.84 Å². The van der Waals surface area contributed by atoms with E-state index < -0.39 is 20.4 Å². The summed E-state index contributed by atoms with van der Waals surface area (Å²) in [7, 11) is -3.68. The van der Waals surface area contributed by atoms with Crippen LogP contribution in [-0.4, -0.2) is 19.7 Å². The Morgan fingerprint density at radius 1 is 1.24 bits per heavy atom. The first-order chi connectivity index (χ1) is 8.03. The van der Waals surface area contributed by atoms with E-state index in [1.165, 1.54) is 24.3 Å². The van der Waals surface area contributed by atoms with Gasteiger partial charge in [0, 0.05) is 6.54 Å². The van der Waals surface area contributed by atoms with E-state index in [0.29, 0.717) is 12.8 Å². The molecule has 17 heavy (non-hydrogen) atoms. The van der Waals surface area contributed by atoms with Gasteiger partial charge in [-0.15, -0.1) is 0 Å². The smallest absolute Gasteiger partial charge is 0.188 e. The van der Waals surface area contributed by atoms with Gasteiger partial charge in [-0.2, -0.15) is 0 Å². The van der Waals surface area contributed by atoms with Gasteiger partial charge in [-0.3, -0.25) is 0 Å². The maximum absolute atomic E-state index is 13.6. The largest absolute Gasteiger partial charge is 0.329 e. The monoisotopic (exact) mass is 257 g/mol. The van der Waals surface area contributed by atoms with E-state index in [9.17, 15) is 12.8 Å². The molecule has 2 N–H and O–H groups in total. The second-order valence-corrected chi connectivity index (χ2v) is 6.84. The summed E-state index contributed by atoms with van der Waals surface area (Å²) in [6.45, 7) is 0.0592. The molecule has 1 aliphatic rings. The van der Waals surface area contributed by atoms with Crippen molar-refractivity contribution in [3.05, 3.63) is 30.1 Å². The van der Waals surface area contributed by atoms with E-state index >= 15 is 0 Å². The van der Waals surface area contributed by atoms with Crippen LogP contribution in [0, 0.1) is 5.82 Å². The van der Waals surface area contributed by atoms with E-state index in [1.54, 1.807) is 0 Å². The van der Waals surface area contributed by atoms with Crippen LogP contribution >= 0.6 is 0 Å². The molecule has 0 aliphatic heterocycles. The van der Waals surface area contributed by atoms with Crippen LogP contribution in [0.5, 0.6) is 0 Å². The molecule has 1 fully saturated rings. The normalized spacial score (nSPS) is 19.4. The minimum atomic E-state index is -3.68. The molecule has 1 aliphatic carbocycles. The van der Waals surface area contributed by atoms with Gasteiger partial charge in [-0.05, 0) is 25.0 Å². The van der Waals surface area contributed by atoms with Crippen molar-refractivity contribution in [3.8, 4) is 0 Å². The minimum Gasteiger partial charge on any atom is -0.329 e. The quantitative estimate of drug-likeness (QED) is 0.899. The molecule has 0 spiro atoms. The number of halogens is 1. The molecule has 1 saturated carbocycles. The topological polar surface area (TPSA) is 60.2 Å². The van der Waals surface area contributed by atoms with Crippen molar-refractivity contribution in [2.75, 3.05) is 6.54 Å². The van der Waals surface area contributed by atoms with Crippen LogP contribution in [0.15, 0.2) is 29.2 Å².